The fraction of sp³-hybridized carbons (Fsp3) is 0.154. The molecule has 1 heterocycles. The molecular weight excluding hydrogens is 236 g/mol. The van der Waals surface area contributed by atoms with Gasteiger partial charge in [-0.05, 0) is 24.3 Å². The fourth-order valence-corrected chi connectivity index (χ4v) is 1.97. The summed E-state index contributed by atoms with van der Waals surface area (Å²) in [6, 6.07) is 7.40. The maximum Gasteiger partial charge on any atom is 0.268 e. The zero-order valence-corrected chi connectivity index (χ0v) is 10.3. The monoisotopic (exact) mass is 248 g/mol. The van der Waals surface area contributed by atoms with Crippen LogP contribution in [0.2, 0.25) is 5.02 Å². The second-order valence-corrected chi connectivity index (χ2v) is 4.23. The second-order valence-electron chi connectivity index (χ2n) is 3.79. The predicted molar refractivity (Wildman–Crippen MR) is 70.5 cm³/mol. The van der Waals surface area contributed by atoms with Crippen molar-refractivity contribution in [1.82, 2.24) is 9.88 Å². The molecule has 0 saturated heterocycles. The molecule has 1 amide bonds. The van der Waals surface area contributed by atoms with E-state index in [0.717, 1.165) is 10.9 Å². The summed E-state index contributed by atoms with van der Waals surface area (Å²) < 4.78 is 1.85. The summed E-state index contributed by atoms with van der Waals surface area (Å²) in [5, 5.41) is 4.38. The van der Waals surface area contributed by atoms with Crippen molar-refractivity contribution in [3.63, 3.8) is 0 Å². The third-order valence-corrected chi connectivity index (χ3v) is 2.88. The van der Waals surface area contributed by atoms with E-state index in [2.05, 4.69) is 11.9 Å². The van der Waals surface area contributed by atoms with E-state index in [4.69, 9.17) is 11.6 Å². The number of rotatable bonds is 3. The van der Waals surface area contributed by atoms with Crippen LogP contribution in [0.25, 0.3) is 10.9 Å². The van der Waals surface area contributed by atoms with Crippen molar-refractivity contribution >= 4 is 28.4 Å². The highest BCUT2D eigenvalue weighted by Gasteiger charge is 2.12. The van der Waals surface area contributed by atoms with E-state index in [1.54, 1.807) is 6.08 Å². The zero-order valence-electron chi connectivity index (χ0n) is 9.53. The summed E-state index contributed by atoms with van der Waals surface area (Å²) in [6.45, 7) is 4.02. The van der Waals surface area contributed by atoms with E-state index in [-0.39, 0.29) is 5.91 Å². The van der Waals surface area contributed by atoms with Gasteiger partial charge in [-0.3, -0.25) is 4.79 Å². The third-order valence-electron chi connectivity index (χ3n) is 2.64. The fourth-order valence-electron chi connectivity index (χ4n) is 1.79. The van der Waals surface area contributed by atoms with Crippen molar-refractivity contribution in [1.29, 1.82) is 0 Å². The van der Waals surface area contributed by atoms with E-state index in [0.29, 0.717) is 17.3 Å². The Morgan fingerprint density at radius 3 is 3.00 bits per heavy atom. The second kappa shape index (κ2) is 4.63. The number of nitrogens with zero attached hydrogens (tertiary/aromatic N) is 1. The topological polar surface area (TPSA) is 34.0 Å². The van der Waals surface area contributed by atoms with Crippen LogP contribution in [-0.2, 0) is 7.05 Å². The summed E-state index contributed by atoms with van der Waals surface area (Å²) in [4.78, 5) is 11.9. The molecule has 2 aromatic rings. The van der Waals surface area contributed by atoms with Gasteiger partial charge in [-0.2, -0.15) is 0 Å². The molecule has 0 aliphatic carbocycles. The van der Waals surface area contributed by atoms with Crippen molar-refractivity contribution < 1.29 is 4.79 Å². The van der Waals surface area contributed by atoms with Gasteiger partial charge in [0.05, 0.1) is 0 Å². The molecule has 0 aliphatic heterocycles. The number of halogens is 1. The molecule has 1 aromatic carbocycles. The highest BCUT2D eigenvalue weighted by molar-refractivity contribution is 6.31. The SMILES string of the molecule is C=CCNC(=O)c1cc2cc(Cl)ccc2n1C. The average molecular weight is 249 g/mol. The number of carbonyl (C=O) groups excluding carboxylic acids is 1. The first kappa shape index (κ1) is 11.7. The van der Waals surface area contributed by atoms with Crippen molar-refractivity contribution in [2.24, 2.45) is 7.05 Å². The van der Waals surface area contributed by atoms with Crippen molar-refractivity contribution in [3.8, 4) is 0 Å². The quantitative estimate of drug-likeness (QED) is 0.833. The Labute approximate surface area is 105 Å². The van der Waals surface area contributed by atoms with E-state index in [1.165, 1.54) is 0 Å². The Bertz CT molecular complexity index is 586. The average Bonchev–Trinajstić information content (AvgIpc) is 2.63. The van der Waals surface area contributed by atoms with E-state index >= 15 is 0 Å². The molecule has 2 rings (SSSR count). The molecule has 1 N–H and O–H groups in total. The molecule has 3 nitrogen and oxygen atoms in total. The van der Waals surface area contributed by atoms with Gasteiger partial charge in [0.1, 0.15) is 5.69 Å². The number of hydrogen-bond donors (Lipinski definition) is 1. The molecule has 4 heteroatoms. The summed E-state index contributed by atoms with van der Waals surface area (Å²) in [5.41, 5.74) is 1.60. The molecule has 0 bridgehead atoms. The number of carbonyl (C=O) groups is 1. The van der Waals surface area contributed by atoms with Crippen LogP contribution in [0.15, 0.2) is 36.9 Å². The lowest BCUT2D eigenvalue weighted by Crippen LogP contribution is -2.25. The normalized spacial score (nSPS) is 10.5. The molecule has 88 valence electrons. The minimum atomic E-state index is -0.111. The number of amides is 1. The Kier molecular flexibility index (Phi) is 3.20. The standard InChI is InChI=1S/C13H13ClN2O/c1-3-6-15-13(17)12-8-9-7-10(14)4-5-11(9)16(12)2/h3-5,7-8H,1,6H2,2H3,(H,15,17). The van der Waals surface area contributed by atoms with Gasteiger partial charge in [0.25, 0.3) is 5.91 Å². The van der Waals surface area contributed by atoms with Crippen LogP contribution in [-0.4, -0.2) is 17.0 Å². The third kappa shape index (κ3) is 2.19. The summed E-state index contributed by atoms with van der Waals surface area (Å²) in [7, 11) is 1.86. The van der Waals surface area contributed by atoms with Gasteiger partial charge in [0.2, 0.25) is 0 Å². The molecule has 0 atom stereocenters. The molecule has 0 saturated carbocycles. The first-order valence-corrected chi connectivity index (χ1v) is 5.65. The molecule has 0 fully saturated rings. The summed E-state index contributed by atoms with van der Waals surface area (Å²) >= 11 is 5.92. The van der Waals surface area contributed by atoms with Gasteiger partial charge < -0.3 is 9.88 Å². The van der Waals surface area contributed by atoms with E-state index in [1.807, 2.05) is 35.9 Å². The lowest BCUT2D eigenvalue weighted by Gasteiger charge is -2.04. The predicted octanol–water partition coefficient (Wildman–Crippen LogP) is 2.75. The van der Waals surface area contributed by atoms with Crippen LogP contribution in [0.3, 0.4) is 0 Å². The Morgan fingerprint density at radius 1 is 1.53 bits per heavy atom. The zero-order chi connectivity index (χ0) is 12.4. The Hall–Kier alpha value is -1.74. The van der Waals surface area contributed by atoms with Gasteiger partial charge in [-0.1, -0.05) is 17.7 Å². The summed E-state index contributed by atoms with van der Waals surface area (Å²) in [6.07, 6.45) is 1.65. The van der Waals surface area contributed by atoms with E-state index < -0.39 is 0 Å². The first-order valence-electron chi connectivity index (χ1n) is 5.27. The lowest BCUT2D eigenvalue weighted by molar-refractivity contribution is 0.0950. The van der Waals surface area contributed by atoms with Crippen LogP contribution in [0, 0.1) is 0 Å². The smallest absolute Gasteiger partial charge is 0.268 e. The highest BCUT2D eigenvalue weighted by atomic mass is 35.5. The van der Waals surface area contributed by atoms with Crippen LogP contribution >= 0.6 is 11.6 Å². The van der Waals surface area contributed by atoms with Gasteiger partial charge in [-0.25, -0.2) is 0 Å². The number of aryl methyl sites for hydroxylation is 1. The maximum absolute atomic E-state index is 11.9. The van der Waals surface area contributed by atoms with Gasteiger partial charge in [0, 0.05) is 29.5 Å². The molecule has 0 unspecified atom stereocenters. The minimum absolute atomic E-state index is 0.111. The van der Waals surface area contributed by atoms with Crippen molar-refractivity contribution in [3.05, 3.63) is 47.6 Å². The van der Waals surface area contributed by atoms with Gasteiger partial charge in [0.15, 0.2) is 0 Å². The highest BCUT2D eigenvalue weighted by Crippen LogP contribution is 2.22. The summed E-state index contributed by atoms with van der Waals surface area (Å²) in [5.74, 6) is -0.111. The van der Waals surface area contributed by atoms with Crippen molar-refractivity contribution in [2.45, 2.75) is 0 Å². The number of benzene rings is 1. The molecule has 17 heavy (non-hydrogen) atoms. The minimum Gasteiger partial charge on any atom is -0.347 e. The maximum atomic E-state index is 11.9. The van der Waals surface area contributed by atoms with E-state index in [9.17, 15) is 4.79 Å². The molecule has 0 aliphatic rings. The molecule has 1 aromatic heterocycles. The van der Waals surface area contributed by atoms with Crippen LogP contribution in [0.4, 0.5) is 0 Å². The van der Waals surface area contributed by atoms with Crippen LogP contribution in [0.1, 0.15) is 10.5 Å². The largest absolute Gasteiger partial charge is 0.347 e. The Balaban J connectivity index is 2.44. The van der Waals surface area contributed by atoms with Gasteiger partial charge >= 0.3 is 0 Å². The van der Waals surface area contributed by atoms with Gasteiger partial charge in [-0.15, -0.1) is 6.58 Å². The first-order chi connectivity index (χ1) is 8.13. The Morgan fingerprint density at radius 2 is 2.29 bits per heavy atom. The number of aromatic nitrogens is 1. The van der Waals surface area contributed by atoms with Crippen LogP contribution < -0.4 is 5.32 Å². The number of nitrogens with one attached hydrogen (secondary N) is 1. The molecule has 0 spiro atoms. The lowest BCUT2D eigenvalue weighted by atomic mass is 10.2. The molecule has 0 radical (unpaired) electrons. The van der Waals surface area contributed by atoms with Crippen LogP contribution in [0.5, 0.6) is 0 Å². The number of hydrogen-bond acceptors (Lipinski definition) is 1. The number of fused-ring (bicyclic) bond motifs is 1. The molecular formula is C13H13ClN2O. The van der Waals surface area contributed by atoms with Crippen molar-refractivity contribution in [2.75, 3.05) is 6.54 Å².